The van der Waals surface area contributed by atoms with Crippen LogP contribution in [0, 0.1) is 0 Å². The van der Waals surface area contributed by atoms with Crippen molar-refractivity contribution in [2.45, 2.75) is 71.6 Å². The number of carbonyl (C=O) groups excluding carboxylic acids is 2. The summed E-state index contributed by atoms with van der Waals surface area (Å²) >= 11 is 0. The first-order valence-corrected chi connectivity index (χ1v) is 17.4. The minimum absolute atomic E-state index is 0.0277. The molecule has 0 saturated heterocycles. The monoisotopic (exact) mass is 568 g/mol. The van der Waals surface area contributed by atoms with Crippen molar-refractivity contribution >= 4 is 34.7 Å². The van der Waals surface area contributed by atoms with Crippen LogP contribution in [0.1, 0.15) is 71.6 Å². The van der Waals surface area contributed by atoms with E-state index in [1.165, 1.54) is 67.7 Å². The SMILES string of the molecule is COC1=C(C)C(=O)C(CCCCCCCCCC[PH](c2ccccc2)(c2ccccc2)c2ccccc2)=C(C)C1=O. The Kier molecular flexibility index (Phi) is 11.3. The number of benzene rings is 3. The zero-order valence-corrected chi connectivity index (χ0v) is 26.0. The zero-order valence-electron chi connectivity index (χ0n) is 25.0. The Morgan fingerprint density at radius 3 is 1.39 bits per heavy atom. The van der Waals surface area contributed by atoms with Crippen LogP contribution in [0.5, 0.6) is 0 Å². The number of hydrogen-bond acceptors (Lipinski definition) is 3. The van der Waals surface area contributed by atoms with Gasteiger partial charge in [0.1, 0.15) is 0 Å². The number of ether oxygens (including phenoxy) is 1. The smallest absolute Gasteiger partial charge is 0.285 e. The summed E-state index contributed by atoms with van der Waals surface area (Å²) in [7, 11) is -0.667. The second kappa shape index (κ2) is 15.1. The van der Waals surface area contributed by atoms with Gasteiger partial charge in [0, 0.05) is 5.57 Å². The maximum atomic E-state index is 12.7. The van der Waals surface area contributed by atoms with E-state index in [4.69, 9.17) is 4.74 Å². The van der Waals surface area contributed by atoms with E-state index in [0.717, 1.165) is 12.8 Å². The van der Waals surface area contributed by atoms with Crippen LogP contribution in [0.4, 0.5) is 0 Å². The molecule has 1 aliphatic carbocycles. The predicted octanol–water partition coefficient (Wildman–Crippen LogP) is 7.61. The van der Waals surface area contributed by atoms with E-state index in [-0.39, 0.29) is 17.3 Å². The van der Waals surface area contributed by atoms with Gasteiger partial charge in [0.15, 0.2) is 5.76 Å². The summed E-state index contributed by atoms with van der Waals surface area (Å²) in [6, 6.07) is 33.6. The second-order valence-electron chi connectivity index (χ2n) is 11.3. The van der Waals surface area contributed by atoms with Crippen LogP contribution in [-0.4, -0.2) is 24.8 Å². The van der Waals surface area contributed by atoms with Crippen LogP contribution in [0.25, 0.3) is 0 Å². The van der Waals surface area contributed by atoms with Crippen LogP contribution in [0.3, 0.4) is 0 Å². The zero-order chi connectivity index (χ0) is 29.1. The van der Waals surface area contributed by atoms with Gasteiger partial charge in [-0.15, -0.1) is 0 Å². The number of allylic oxidation sites excluding steroid dienone is 3. The molecule has 3 aromatic rings. The standard InChI is InChI=1S/C37H45O3P/c1-29-34(35(38)30(2)37(40-3)36(29)39)27-19-8-6-4-5-7-9-20-28-41(31-21-13-10-14-22-31,32-23-15-11-16-24-32)33-25-17-12-18-26-33/h10-18,21-26,41H,4-9,19-20,27-28H2,1-3H3. The van der Waals surface area contributed by atoms with Gasteiger partial charge in [-0.05, 0) is 13.8 Å². The van der Waals surface area contributed by atoms with E-state index in [1.54, 1.807) is 13.8 Å². The first kappa shape index (κ1) is 30.7. The quantitative estimate of drug-likeness (QED) is 0.108. The number of ketones is 2. The van der Waals surface area contributed by atoms with Crippen LogP contribution in [0.15, 0.2) is 113 Å². The molecule has 0 heterocycles. The van der Waals surface area contributed by atoms with E-state index in [1.807, 2.05) is 0 Å². The molecule has 4 heteroatoms. The van der Waals surface area contributed by atoms with Gasteiger partial charge < -0.3 is 4.74 Å². The van der Waals surface area contributed by atoms with Crippen molar-refractivity contribution in [2.75, 3.05) is 13.3 Å². The summed E-state index contributed by atoms with van der Waals surface area (Å²) in [5, 5.41) is 4.47. The van der Waals surface area contributed by atoms with Gasteiger partial charge in [0.05, 0.1) is 7.11 Å². The van der Waals surface area contributed by atoms with Gasteiger partial charge >= 0.3 is 195 Å². The van der Waals surface area contributed by atoms with Crippen molar-refractivity contribution in [3.05, 3.63) is 113 Å². The molecule has 41 heavy (non-hydrogen) atoms. The minimum atomic E-state index is -2.12. The van der Waals surface area contributed by atoms with Crippen LogP contribution >= 0.6 is 7.26 Å². The van der Waals surface area contributed by atoms with Crippen LogP contribution < -0.4 is 15.9 Å². The van der Waals surface area contributed by atoms with Crippen LogP contribution in [0.2, 0.25) is 0 Å². The average molecular weight is 569 g/mol. The summed E-state index contributed by atoms with van der Waals surface area (Å²) in [5.41, 5.74) is 1.67. The Morgan fingerprint density at radius 2 is 0.951 bits per heavy atom. The van der Waals surface area contributed by atoms with Crippen molar-refractivity contribution in [1.29, 1.82) is 0 Å². The first-order valence-electron chi connectivity index (χ1n) is 15.2. The Bertz CT molecular complexity index is 1260. The first-order chi connectivity index (χ1) is 20.0. The van der Waals surface area contributed by atoms with E-state index >= 15 is 0 Å². The van der Waals surface area contributed by atoms with E-state index < -0.39 is 7.26 Å². The molecule has 4 rings (SSSR count). The number of hydrogen-bond donors (Lipinski definition) is 0. The van der Waals surface area contributed by atoms with Gasteiger partial charge in [0.25, 0.3) is 0 Å². The van der Waals surface area contributed by atoms with Crippen LogP contribution in [-0.2, 0) is 14.3 Å². The molecule has 0 spiro atoms. The maximum absolute atomic E-state index is 12.7. The third kappa shape index (κ3) is 7.14. The molecule has 0 aromatic heterocycles. The Morgan fingerprint density at radius 1 is 0.537 bits per heavy atom. The summed E-state index contributed by atoms with van der Waals surface area (Å²) in [6.45, 7) is 3.45. The van der Waals surface area contributed by atoms with E-state index in [0.29, 0.717) is 23.1 Å². The van der Waals surface area contributed by atoms with Gasteiger partial charge in [0.2, 0.25) is 5.78 Å². The van der Waals surface area contributed by atoms with Crippen molar-refractivity contribution in [2.24, 2.45) is 0 Å². The molecule has 0 atom stereocenters. The Balaban J connectivity index is 1.27. The Labute approximate surface area is 247 Å². The van der Waals surface area contributed by atoms with Crippen molar-refractivity contribution in [3.63, 3.8) is 0 Å². The molecule has 216 valence electrons. The number of Topliss-reactive ketones (excluding diaryl/α,β-unsaturated/α-hetero) is 2. The molecule has 0 amide bonds. The Hall–Kier alpha value is -3.29. The number of unbranched alkanes of at least 4 members (excludes halogenated alkanes) is 7. The van der Waals surface area contributed by atoms with Gasteiger partial charge in [-0.3, -0.25) is 9.59 Å². The molecule has 3 aromatic carbocycles. The number of rotatable bonds is 15. The fourth-order valence-corrected chi connectivity index (χ4v) is 11.3. The summed E-state index contributed by atoms with van der Waals surface area (Å²) in [6.07, 6.45) is 11.3. The number of methoxy groups -OCH3 is 1. The number of carbonyl (C=O) groups is 2. The summed E-state index contributed by atoms with van der Waals surface area (Å²) in [5.74, 6) is 0.0334. The molecule has 0 aliphatic heterocycles. The molecular formula is C37H45O3P. The molecule has 0 radical (unpaired) electrons. The van der Waals surface area contributed by atoms with Gasteiger partial charge in [-0.1, -0.05) is 0 Å². The normalized spacial score (nSPS) is 14.5. The minimum Gasteiger partial charge on any atom is -0.285 e. The third-order valence-corrected chi connectivity index (χ3v) is 13.7. The van der Waals surface area contributed by atoms with E-state index in [2.05, 4.69) is 91.0 Å². The molecule has 3 nitrogen and oxygen atoms in total. The van der Waals surface area contributed by atoms with Crippen molar-refractivity contribution < 1.29 is 14.3 Å². The molecule has 0 unspecified atom stereocenters. The summed E-state index contributed by atoms with van der Waals surface area (Å²) < 4.78 is 5.17. The van der Waals surface area contributed by atoms with Gasteiger partial charge in [-0.2, -0.15) is 0 Å². The average Bonchev–Trinajstić information content (AvgIpc) is 3.02. The topological polar surface area (TPSA) is 43.4 Å². The van der Waals surface area contributed by atoms with Crippen molar-refractivity contribution in [1.82, 2.24) is 0 Å². The molecule has 0 saturated carbocycles. The molecular weight excluding hydrogens is 523 g/mol. The molecule has 1 aliphatic rings. The van der Waals surface area contributed by atoms with Crippen molar-refractivity contribution in [3.8, 4) is 0 Å². The summed E-state index contributed by atoms with van der Waals surface area (Å²) in [4.78, 5) is 25.2. The molecule has 0 bridgehead atoms. The fourth-order valence-electron chi connectivity index (χ4n) is 6.38. The third-order valence-electron chi connectivity index (χ3n) is 8.69. The van der Waals surface area contributed by atoms with Gasteiger partial charge in [-0.25, -0.2) is 0 Å². The molecule has 0 fully saturated rings. The molecule has 0 N–H and O–H groups in total. The fraction of sp³-hybridized carbons (Fsp3) is 0.351. The van der Waals surface area contributed by atoms with E-state index in [9.17, 15) is 9.59 Å². The predicted molar refractivity (Wildman–Crippen MR) is 175 cm³/mol. The second-order valence-corrected chi connectivity index (χ2v) is 15.3.